The minimum atomic E-state index is -0.959. The van der Waals surface area contributed by atoms with Gasteiger partial charge >= 0.3 is 0 Å². The van der Waals surface area contributed by atoms with Gasteiger partial charge in [-0.05, 0) is 13.0 Å². The summed E-state index contributed by atoms with van der Waals surface area (Å²) < 4.78 is 10.1. The van der Waals surface area contributed by atoms with E-state index < -0.39 is 5.60 Å². The highest BCUT2D eigenvalue weighted by Gasteiger charge is 2.39. The third-order valence-electron chi connectivity index (χ3n) is 3.00. The zero-order chi connectivity index (χ0) is 11.6. The van der Waals surface area contributed by atoms with Crippen LogP contribution in [0.15, 0.2) is 23.0 Å². The third-order valence-corrected chi connectivity index (χ3v) is 3.00. The average Bonchev–Trinajstić information content (AvgIpc) is 2.87. The van der Waals surface area contributed by atoms with Crippen LogP contribution in [0.3, 0.4) is 0 Å². The highest BCUT2D eigenvalue weighted by atomic mass is 16.5. The molecule has 5 heteroatoms. The molecule has 0 aliphatic carbocycles. The van der Waals surface area contributed by atoms with Gasteiger partial charge in [0.2, 0.25) is 0 Å². The topological polar surface area (TPSA) is 71.7 Å². The minimum Gasteiger partial charge on any atom is -0.472 e. The van der Waals surface area contributed by atoms with Crippen molar-refractivity contribution in [1.29, 1.82) is 0 Å². The van der Waals surface area contributed by atoms with Gasteiger partial charge in [0, 0.05) is 19.6 Å². The van der Waals surface area contributed by atoms with Crippen LogP contribution >= 0.6 is 0 Å². The first-order chi connectivity index (χ1) is 7.62. The smallest absolute Gasteiger partial charge is 0.254 e. The van der Waals surface area contributed by atoms with Crippen molar-refractivity contribution in [3.8, 4) is 0 Å². The summed E-state index contributed by atoms with van der Waals surface area (Å²) in [6.45, 7) is 2.52. The lowest BCUT2D eigenvalue weighted by atomic mass is 9.96. The van der Waals surface area contributed by atoms with Crippen LogP contribution in [0.4, 0.5) is 0 Å². The van der Waals surface area contributed by atoms with Gasteiger partial charge in [0.05, 0.1) is 17.9 Å². The molecule has 1 aliphatic rings. The summed E-state index contributed by atoms with van der Waals surface area (Å²) >= 11 is 0. The molecule has 0 aromatic carbocycles. The van der Waals surface area contributed by atoms with E-state index in [0.29, 0.717) is 18.6 Å². The molecular formula is C11H15NO4. The Bertz CT molecular complexity index is 362. The van der Waals surface area contributed by atoms with Crippen molar-refractivity contribution >= 4 is 5.91 Å². The van der Waals surface area contributed by atoms with Crippen molar-refractivity contribution in [3.63, 3.8) is 0 Å². The highest BCUT2D eigenvalue weighted by Crippen LogP contribution is 2.24. The van der Waals surface area contributed by atoms with Gasteiger partial charge in [0.1, 0.15) is 11.9 Å². The Morgan fingerprint density at radius 2 is 2.56 bits per heavy atom. The Labute approximate surface area is 93.4 Å². The fourth-order valence-electron chi connectivity index (χ4n) is 1.73. The van der Waals surface area contributed by atoms with E-state index in [1.54, 1.807) is 13.0 Å². The van der Waals surface area contributed by atoms with Crippen molar-refractivity contribution < 1.29 is 19.1 Å². The molecule has 0 radical (unpaired) electrons. The van der Waals surface area contributed by atoms with Crippen LogP contribution in [-0.4, -0.2) is 35.9 Å². The largest absolute Gasteiger partial charge is 0.472 e. The maximum atomic E-state index is 11.6. The molecule has 1 fully saturated rings. The quantitative estimate of drug-likeness (QED) is 0.788. The van der Waals surface area contributed by atoms with Gasteiger partial charge in [-0.25, -0.2) is 0 Å². The van der Waals surface area contributed by atoms with Crippen molar-refractivity contribution in [2.75, 3.05) is 13.2 Å². The van der Waals surface area contributed by atoms with Gasteiger partial charge < -0.3 is 19.6 Å². The predicted octanol–water partition coefficient (Wildman–Crippen LogP) is 0.549. The number of amides is 1. The number of ether oxygens (including phenoxy) is 1. The first-order valence-corrected chi connectivity index (χ1v) is 5.26. The lowest BCUT2D eigenvalue weighted by Gasteiger charge is -2.25. The Morgan fingerprint density at radius 1 is 1.75 bits per heavy atom. The molecule has 1 amide bonds. The summed E-state index contributed by atoms with van der Waals surface area (Å²) in [5.74, 6) is -0.249. The third kappa shape index (κ3) is 2.10. The van der Waals surface area contributed by atoms with Gasteiger partial charge in [-0.3, -0.25) is 4.79 Å². The molecule has 88 valence electrons. The van der Waals surface area contributed by atoms with Gasteiger partial charge in [-0.1, -0.05) is 0 Å². The molecule has 5 nitrogen and oxygen atoms in total. The summed E-state index contributed by atoms with van der Waals surface area (Å²) in [7, 11) is 0. The Morgan fingerprint density at radius 3 is 3.12 bits per heavy atom. The Kier molecular flexibility index (Phi) is 2.98. The maximum Gasteiger partial charge on any atom is 0.254 e. The molecule has 16 heavy (non-hydrogen) atoms. The number of nitrogens with one attached hydrogen (secondary N) is 1. The average molecular weight is 225 g/mol. The van der Waals surface area contributed by atoms with Crippen molar-refractivity contribution in [2.45, 2.75) is 25.0 Å². The standard InChI is InChI=1S/C11H15NO4/c1-8-11(14,3-5-16-8)7-12-10(13)9-2-4-15-6-9/h2,4,6,8,14H,3,5,7H2,1H3,(H,12,13). The molecule has 0 spiro atoms. The first kappa shape index (κ1) is 11.2. The van der Waals surface area contributed by atoms with E-state index in [0.717, 1.165) is 0 Å². The van der Waals surface area contributed by atoms with Crippen molar-refractivity contribution in [1.82, 2.24) is 5.32 Å². The number of carbonyl (C=O) groups excluding carboxylic acids is 1. The molecule has 0 saturated carbocycles. The van der Waals surface area contributed by atoms with Crippen molar-refractivity contribution in [2.24, 2.45) is 0 Å². The molecular weight excluding hydrogens is 210 g/mol. The maximum absolute atomic E-state index is 11.6. The van der Waals surface area contributed by atoms with E-state index in [-0.39, 0.29) is 18.6 Å². The van der Waals surface area contributed by atoms with E-state index in [4.69, 9.17) is 9.15 Å². The zero-order valence-electron chi connectivity index (χ0n) is 9.10. The summed E-state index contributed by atoms with van der Waals surface area (Å²) in [5, 5.41) is 12.8. The van der Waals surface area contributed by atoms with Crippen LogP contribution in [0.1, 0.15) is 23.7 Å². The fraction of sp³-hybridized carbons (Fsp3) is 0.545. The molecule has 2 rings (SSSR count). The molecule has 2 N–H and O–H groups in total. The van der Waals surface area contributed by atoms with E-state index in [1.165, 1.54) is 12.5 Å². The molecule has 2 atom stereocenters. The van der Waals surface area contributed by atoms with Gasteiger partial charge in [-0.15, -0.1) is 0 Å². The normalized spacial score (nSPS) is 29.2. The second-order valence-electron chi connectivity index (χ2n) is 4.06. The van der Waals surface area contributed by atoms with Gasteiger partial charge in [-0.2, -0.15) is 0 Å². The molecule has 1 saturated heterocycles. The van der Waals surface area contributed by atoms with E-state index in [1.807, 2.05) is 0 Å². The van der Waals surface area contributed by atoms with E-state index in [2.05, 4.69) is 5.32 Å². The second kappa shape index (κ2) is 4.27. The summed E-state index contributed by atoms with van der Waals surface area (Å²) in [6, 6.07) is 1.58. The molecule has 2 unspecified atom stereocenters. The van der Waals surface area contributed by atoms with Gasteiger partial charge in [0.15, 0.2) is 0 Å². The van der Waals surface area contributed by atoms with Crippen LogP contribution in [0, 0.1) is 0 Å². The lowest BCUT2D eigenvalue weighted by Crippen LogP contribution is -2.47. The highest BCUT2D eigenvalue weighted by molar-refractivity contribution is 5.93. The number of rotatable bonds is 3. The van der Waals surface area contributed by atoms with Crippen LogP contribution in [-0.2, 0) is 4.74 Å². The Balaban J connectivity index is 1.90. The SMILES string of the molecule is CC1OCCC1(O)CNC(=O)c1ccoc1. The van der Waals surface area contributed by atoms with Gasteiger partial charge in [0.25, 0.3) is 5.91 Å². The molecule has 1 aromatic heterocycles. The molecule has 2 heterocycles. The Hall–Kier alpha value is -1.33. The second-order valence-corrected chi connectivity index (χ2v) is 4.06. The van der Waals surface area contributed by atoms with E-state index >= 15 is 0 Å². The predicted molar refractivity (Wildman–Crippen MR) is 56.0 cm³/mol. The number of hydrogen-bond donors (Lipinski definition) is 2. The van der Waals surface area contributed by atoms with Crippen LogP contribution in [0.5, 0.6) is 0 Å². The number of carbonyl (C=O) groups is 1. The monoisotopic (exact) mass is 225 g/mol. The fourth-order valence-corrected chi connectivity index (χ4v) is 1.73. The summed E-state index contributed by atoms with van der Waals surface area (Å²) in [4.78, 5) is 11.6. The van der Waals surface area contributed by atoms with E-state index in [9.17, 15) is 9.90 Å². The molecule has 1 aliphatic heterocycles. The molecule has 0 bridgehead atoms. The molecule has 1 aromatic rings. The van der Waals surface area contributed by atoms with Crippen LogP contribution in [0.2, 0.25) is 0 Å². The van der Waals surface area contributed by atoms with Crippen LogP contribution in [0.25, 0.3) is 0 Å². The number of hydrogen-bond acceptors (Lipinski definition) is 4. The summed E-state index contributed by atoms with van der Waals surface area (Å²) in [5.41, 5.74) is -0.505. The van der Waals surface area contributed by atoms with Crippen molar-refractivity contribution in [3.05, 3.63) is 24.2 Å². The number of furan rings is 1. The lowest BCUT2D eigenvalue weighted by molar-refractivity contribution is -0.0251. The first-order valence-electron chi connectivity index (χ1n) is 5.26. The zero-order valence-corrected chi connectivity index (χ0v) is 9.10. The van der Waals surface area contributed by atoms with Crippen LogP contribution < -0.4 is 5.32 Å². The minimum absolute atomic E-state index is 0.193. The summed E-state index contributed by atoms with van der Waals surface area (Å²) in [6.07, 6.45) is 3.09. The number of aliphatic hydroxyl groups is 1.